The quantitative estimate of drug-likeness (QED) is 0.906. The minimum atomic E-state index is -0.577. The third-order valence-corrected chi connectivity index (χ3v) is 3.38. The molecule has 0 fully saturated rings. The van der Waals surface area contributed by atoms with Crippen LogP contribution in [0.25, 0.3) is 0 Å². The van der Waals surface area contributed by atoms with Crippen LogP contribution in [0.2, 0.25) is 0 Å². The van der Waals surface area contributed by atoms with Crippen molar-refractivity contribution < 1.29 is 9.59 Å². The number of amides is 2. The molecule has 102 valence electrons. The topological polar surface area (TPSA) is 72.2 Å². The van der Waals surface area contributed by atoms with Crippen molar-refractivity contribution in [1.29, 1.82) is 0 Å². The fourth-order valence-electron chi connectivity index (χ4n) is 1.84. The number of nitrogens with two attached hydrogens (primary N) is 1. The van der Waals surface area contributed by atoms with Gasteiger partial charge in [-0.1, -0.05) is 34.1 Å². The molecule has 0 radical (unpaired) electrons. The Balaban J connectivity index is 2.33. The zero-order valence-corrected chi connectivity index (χ0v) is 12.4. The number of carbonyl (C=O) groups excluding carboxylic acids is 2. The summed E-state index contributed by atoms with van der Waals surface area (Å²) in [4.78, 5) is 23.6. The van der Waals surface area contributed by atoms with Crippen molar-refractivity contribution in [3.63, 3.8) is 0 Å². The van der Waals surface area contributed by atoms with Crippen LogP contribution in [0.4, 0.5) is 5.69 Å². The summed E-state index contributed by atoms with van der Waals surface area (Å²) in [5.74, 6) is -0.857. The number of anilines is 1. The fourth-order valence-corrected chi connectivity index (χ4v) is 2.20. The summed E-state index contributed by atoms with van der Waals surface area (Å²) in [6.45, 7) is 1.85. The molecule has 0 aromatic heterocycles. The van der Waals surface area contributed by atoms with Crippen LogP contribution >= 0.6 is 15.9 Å². The van der Waals surface area contributed by atoms with E-state index in [1.54, 1.807) is 30.3 Å². The summed E-state index contributed by atoms with van der Waals surface area (Å²) in [7, 11) is 0. The van der Waals surface area contributed by atoms with Gasteiger partial charge in [0.2, 0.25) is 0 Å². The van der Waals surface area contributed by atoms with E-state index in [0.29, 0.717) is 11.3 Å². The van der Waals surface area contributed by atoms with Crippen LogP contribution in [0.1, 0.15) is 26.3 Å². The molecule has 2 rings (SSSR count). The molecule has 0 heterocycles. The maximum absolute atomic E-state index is 12.3. The highest BCUT2D eigenvalue weighted by atomic mass is 79.9. The highest BCUT2D eigenvalue weighted by Crippen LogP contribution is 2.19. The number of halogens is 1. The monoisotopic (exact) mass is 332 g/mol. The first kappa shape index (κ1) is 14.3. The van der Waals surface area contributed by atoms with Gasteiger partial charge < -0.3 is 11.1 Å². The van der Waals surface area contributed by atoms with Crippen molar-refractivity contribution in [3.8, 4) is 0 Å². The zero-order chi connectivity index (χ0) is 14.7. The SMILES string of the molecule is Cc1ccc(Br)cc1C(=O)Nc1ccccc1C(N)=O. The number of nitrogens with one attached hydrogen (secondary N) is 1. The molecule has 0 unspecified atom stereocenters. The van der Waals surface area contributed by atoms with Crippen LogP contribution in [0.3, 0.4) is 0 Å². The lowest BCUT2D eigenvalue weighted by atomic mass is 10.1. The van der Waals surface area contributed by atoms with Crippen molar-refractivity contribution in [2.75, 3.05) is 5.32 Å². The van der Waals surface area contributed by atoms with E-state index >= 15 is 0 Å². The first-order valence-corrected chi connectivity index (χ1v) is 6.74. The van der Waals surface area contributed by atoms with E-state index in [1.807, 2.05) is 19.1 Å². The molecular formula is C15H13BrN2O2. The van der Waals surface area contributed by atoms with E-state index in [1.165, 1.54) is 0 Å². The highest BCUT2D eigenvalue weighted by molar-refractivity contribution is 9.10. The van der Waals surface area contributed by atoms with E-state index < -0.39 is 5.91 Å². The van der Waals surface area contributed by atoms with E-state index in [2.05, 4.69) is 21.2 Å². The molecule has 4 nitrogen and oxygen atoms in total. The number of hydrogen-bond donors (Lipinski definition) is 2. The van der Waals surface area contributed by atoms with Crippen LogP contribution < -0.4 is 11.1 Å². The van der Waals surface area contributed by atoms with Crippen molar-refractivity contribution in [3.05, 3.63) is 63.6 Å². The Labute approximate surface area is 125 Å². The van der Waals surface area contributed by atoms with Gasteiger partial charge in [0.1, 0.15) is 0 Å². The number of primary amides is 1. The lowest BCUT2D eigenvalue weighted by Gasteiger charge is -2.10. The van der Waals surface area contributed by atoms with Gasteiger partial charge in [-0.3, -0.25) is 9.59 Å². The first-order chi connectivity index (χ1) is 9.49. The maximum atomic E-state index is 12.3. The third kappa shape index (κ3) is 3.05. The summed E-state index contributed by atoms with van der Waals surface area (Å²) in [5.41, 5.74) is 7.37. The number of carbonyl (C=O) groups is 2. The standard InChI is InChI=1S/C15H13BrN2O2/c1-9-6-7-10(16)8-12(9)15(20)18-13-5-3-2-4-11(13)14(17)19/h2-8H,1H3,(H2,17,19)(H,18,20). The van der Waals surface area contributed by atoms with Crippen LogP contribution in [0.5, 0.6) is 0 Å². The largest absolute Gasteiger partial charge is 0.366 e. The maximum Gasteiger partial charge on any atom is 0.255 e. The minimum absolute atomic E-state index is 0.280. The van der Waals surface area contributed by atoms with Crippen LogP contribution in [0, 0.1) is 6.92 Å². The lowest BCUT2D eigenvalue weighted by molar-refractivity contribution is 0.100. The molecule has 3 N–H and O–H groups in total. The molecule has 0 atom stereocenters. The summed E-state index contributed by atoms with van der Waals surface area (Å²) < 4.78 is 0.816. The summed E-state index contributed by atoms with van der Waals surface area (Å²) >= 11 is 3.33. The second kappa shape index (κ2) is 5.88. The molecule has 5 heteroatoms. The number of para-hydroxylation sites is 1. The molecule has 0 saturated carbocycles. The Morgan fingerprint density at radius 3 is 2.50 bits per heavy atom. The van der Waals surface area contributed by atoms with E-state index in [-0.39, 0.29) is 11.5 Å². The van der Waals surface area contributed by atoms with E-state index in [0.717, 1.165) is 10.0 Å². The first-order valence-electron chi connectivity index (χ1n) is 5.95. The van der Waals surface area contributed by atoms with Gasteiger partial charge in [-0.15, -0.1) is 0 Å². The minimum Gasteiger partial charge on any atom is -0.366 e. The molecule has 0 spiro atoms. The second-order valence-corrected chi connectivity index (χ2v) is 5.24. The summed E-state index contributed by atoms with van der Waals surface area (Å²) in [5, 5.41) is 2.72. The van der Waals surface area contributed by atoms with E-state index in [9.17, 15) is 9.59 Å². The molecule has 2 amide bonds. The molecule has 0 bridgehead atoms. The Hall–Kier alpha value is -2.14. The average molecular weight is 333 g/mol. The molecule has 2 aromatic carbocycles. The third-order valence-electron chi connectivity index (χ3n) is 2.88. The van der Waals surface area contributed by atoms with Gasteiger partial charge in [0.05, 0.1) is 11.3 Å². The van der Waals surface area contributed by atoms with Gasteiger partial charge in [-0.25, -0.2) is 0 Å². The van der Waals surface area contributed by atoms with Gasteiger partial charge in [0.15, 0.2) is 0 Å². The summed E-state index contributed by atoms with van der Waals surface area (Å²) in [6.07, 6.45) is 0. The number of rotatable bonds is 3. The van der Waals surface area contributed by atoms with Crippen molar-refractivity contribution in [2.24, 2.45) is 5.73 Å². The Kier molecular flexibility index (Phi) is 4.20. The number of hydrogen-bond acceptors (Lipinski definition) is 2. The van der Waals surface area contributed by atoms with Crippen LogP contribution in [0.15, 0.2) is 46.9 Å². The molecule has 0 aliphatic rings. The smallest absolute Gasteiger partial charge is 0.255 e. The molecule has 0 aliphatic carbocycles. The highest BCUT2D eigenvalue weighted by Gasteiger charge is 2.13. The lowest BCUT2D eigenvalue weighted by Crippen LogP contribution is -2.18. The van der Waals surface area contributed by atoms with Crippen LogP contribution in [-0.4, -0.2) is 11.8 Å². The van der Waals surface area contributed by atoms with Crippen molar-refractivity contribution >= 4 is 33.4 Å². The number of aryl methyl sites for hydroxylation is 1. The van der Waals surface area contributed by atoms with Gasteiger partial charge in [-0.05, 0) is 36.8 Å². The Morgan fingerprint density at radius 2 is 1.80 bits per heavy atom. The van der Waals surface area contributed by atoms with Gasteiger partial charge >= 0.3 is 0 Å². The molecule has 0 saturated heterocycles. The van der Waals surface area contributed by atoms with Gasteiger partial charge in [0, 0.05) is 10.0 Å². The molecule has 2 aromatic rings. The van der Waals surface area contributed by atoms with Crippen molar-refractivity contribution in [2.45, 2.75) is 6.92 Å². The van der Waals surface area contributed by atoms with Gasteiger partial charge in [0.25, 0.3) is 11.8 Å². The predicted molar refractivity (Wildman–Crippen MR) is 81.8 cm³/mol. The van der Waals surface area contributed by atoms with Crippen molar-refractivity contribution in [1.82, 2.24) is 0 Å². The van der Waals surface area contributed by atoms with E-state index in [4.69, 9.17) is 5.73 Å². The van der Waals surface area contributed by atoms with Crippen LogP contribution in [-0.2, 0) is 0 Å². The normalized spacial score (nSPS) is 10.1. The second-order valence-electron chi connectivity index (χ2n) is 4.32. The molecule has 0 aliphatic heterocycles. The zero-order valence-electron chi connectivity index (χ0n) is 10.8. The average Bonchev–Trinajstić information content (AvgIpc) is 2.41. The van der Waals surface area contributed by atoms with Gasteiger partial charge in [-0.2, -0.15) is 0 Å². The molecular weight excluding hydrogens is 320 g/mol. The summed E-state index contributed by atoms with van der Waals surface area (Å²) in [6, 6.07) is 12.1. The number of benzene rings is 2. The fraction of sp³-hybridized carbons (Fsp3) is 0.0667. The Bertz CT molecular complexity index is 683. The molecule has 20 heavy (non-hydrogen) atoms. The Morgan fingerprint density at radius 1 is 1.10 bits per heavy atom. The predicted octanol–water partition coefficient (Wildman–Crippen LogP) is 3.11.